The third-order valence-electron chi connectivity index (χ3n) is 5.76. The van der Waals surface area contributed by atoms with E-state index >= 15 is 0 Å². The minimum Gasteiger partial charge on any atom is -0.496 e. The Morgan fingerprint density at radius 3 is 2.53 bits per heavy atom. The first-order valence-electron chi connectivity index (χ1n) is 10.2. The Bertz CT molecular complexity index is 1470. The number of rotatable bonds is 5. The predicted octanol–water partition coefficient (Wildman–Crippen LogP) is 6.07. The maximum absolute atomic E-state index is 12.2. The number of nitrogens with two attached hydrogens (primary N) is 1. The van der Waals surface area contributed by atoms with Gasteiger partial charge in [-0.2, -0.15) is 0 Å². The van der Waals surface area contributed by atoms with E-state index in [0.717, 1.165) is 44.2 Å². The van der Waals surface area contributed by atoms with E-state index in [9.17, 15) is 4.79 Å². The molecule has 4 nitrogen and oxygen atoms in total. The van der Waals surface area contributed by atoms with Gasteiger partial charge in [-0.1, -0.05) is 48.0 Å². The summed E-state index contributed by atoms with van der Waals surface area (Å²) in [7, 11) is 1.67. The van der Waals surface area contributed by atoms with E-state index in [1.807, 2.05) is 66.7 Å². The van der Waals surface area contributed by atoms with Crippen LogP contribution in [0.15, 0.2) is 78.9 Å². The highest BCUT2D eigenvalue weighted by Gasteiger charge is 2.18. The third kappa shape index (κ3) is 3.39. The van der Waals surface area contributed by atoms with Crippen LogP contribution in [0.3, 0.4) is 0 Å². The van der Waals surface area contributed by atoms with E-state index in [1.165, 1.54) is 0 Å². The molecule has 5 heteroatoms. The lowest BCUT2D eigenvalue weighted by Crippen LogP contribution is -2.11. The molecule has 0 bridgehead atoms. The number of fused-ring (bicyclic) bond motifs is 3. The van der Waals surface area contributed by atoms with Gasteiger partial charge in [-0.25, -0.2) is 0 Å². The fraction of sp³-hybridized carbons (Fsp3) is 0.0741. The van der Waals surface area contributed by atoms with Gasteiger partial charge in [0.1, 0.15) is 5.75 Å². The summed E-state index contributed by atoms with van der Waals surface area (Å²) in [5, 5.41) is 2.37. The quantitative estimate of drug-likeness (QED) is 0.361. The molecule has 0 saturated heterocycles. The number of carbonyl (C=O) groups excluding carboxylic acids is 1. The number of nitrogens with zero attached hydrogens (tertiary/aromatic N) is 1. The average Bonchev–Trinajstić information content (AvgIpc) is 3.13. The zero-order valence-electron chi connectivity index (χ0n) is 17.4. The summed E-state index contributed by atoms with van der Waals surface area (Å²) in [4.78, 5) is 12.2. The molecule has 0 fully saturated rings. The maximum atomic E-state index is 12.2. The molecular weight excluding hydrogens is 420 g/mol. The van der Waals surface area contributed by atoms with E-state index in [1.54, 1.807) is 13.2 Å². The molecule has 0 aliphatic rings. The third-order valence-corrected chi connectivity index (χ3v) is 6.01. The summed E-state index contributed by atoms with van der Waals surface area (Å²) in [6, 6.07) is 28.8. The number of hydrogen-bond donors (Lipinski definition) is 1. The van der Waals surface area contributed by atoms with E-state index in [-0.39, 0.29) is 0 Å². The van der Waals surface area contributed by atoms with Crippen molar-refractivity contribution < 1.29 is 9.53 Å². The highest BCUT2D eigenvalue weighted by molar-refractivity contribution is 6.30. The number of amides is 1. The van der Waals surface area contributed by atoms with Gasteiger partial charge in [0, 0.05) is 26.9 Å². The minimum atomic E-state index is -0.456. The van der Waals surface area contributed by atoms with Gasteiger partial charge < -0.3 is 15.0 Å². The molecule has 1 heterocycles. The lowest BCUT2D eigenvalue weighted by atomic mass is 10.0. The topological polar surface area (TPSA) is 57.2 Å². The molecule has 0 unspecified atom stereocenters. The number of primary amides is 1. The van der Waals surface area contributed by atoms with Crippen molar-refractivity contribution in [2.24, 2.45) is 5.73 Å². The number of ether oxygens (including phenoxy) is 1. The molecule has 1 radical (unpaired) electrons. The van der Waals surface area contributed by atoms with Crippen molar-refractivity contribution >= 4 is 39.3 Å². The number of carbonyl (C=O) groups is 1. The smallest absolute Gasteiger partial charge is 0.249 e. The van der Waals surface area contributed by atoms with Crippen LogP contribution in [-0.2, 0) is 6.54 Å². The van der Waals surface area contributed by atoms with Crippen molar-refractivity contribution in [2.45, 2.75) is 6.54 Å². The molecule has 4 aromatic carbocycles. The van der Waals surface area contributed by atoms with Crippen LogP contribution in [0.2, 0.25) is 5.02 Å². The summed E-state index contributed by atoms with van der Waals surface area (Å²) in [6.45, 7) is 0.574. The Labute approximate surface area is 190 Å². The number of aromatic nitrogens is 1. The van der Waals surface area contributed by atoms with Gasteiger partial charge in [0.25, 0.3) is 0 Å². The second-order valence-corrected chi connectivity index (χ2v) is 8.05. The molecule has 32 heavy (non-hydrogen) atoms. The lowest BCUT2D eigenvalue weighted by molar-refractivity contribution is 0.100. The molecule has 5 aromatic rings. The van der Waals surface area contributed by atoms with Gasteiger partial charge >= 0.3 is 0 Å². The normalized spacial score (nSPS) is 11.2. The van der Waals surface area contributed by atoms with Crippen LogP contribution >= 0.6 is 11.6 Å². The van der Waals surface area contributed by atoms with Crippen molar-refractivity contribution in [2.75, 3.05) is 7.11 Å². The second kappa shape index (κ2) is 8.06. The Morgan fingerprint density at radius 1 is 1.00 bits per heavy atom. The Kier molecular flexibility index (Phi) is 5.08. The number of para-hydroxylation sites is 1. The summed E-state index contributed by atoms with van der Waals surface area (Å²) < 4.78 is 7.76. The highest BCUT2D eigenvalue weighted by atomic mass is 35.5. The number of hydrogen-bond acceptors (Lipinski definition) is 2. The fourth-order valence-corrected chi connectivity index (χ4v) is 4.37. The first kappa shape index (κ1) is 20.2. The van der Waals surface area contributed by atoms with Crippen LogP contribution in [0.4, 0.5) is 0 Å². The maximum Gasteiger partial charge on any atom is 0.249 e. The Balaban J connectivity index is 1.80. The molecule has 0 aliphatic carbocycles. The first-order chi connectivity index (χ1) is 15.6. The standard InChI is InChI=1S/C27H20ClN2O2/c1-32-25-8-3-2-5-19(25)16-30-23-7-4-6-22(27(29)31)26(23)21-14-11-18(15-24(21)30)17-9-12-20(28)13-10-17/h2-13,15H,16H2,1H3,(H2,29,31). The van der Waals surface area contributed by atoms with Gasteiger partial charge in [0.2, 0.25) is 5.91 Å². The van der Waals surface area contributed by atoms with Crippen LogP contribution in [-0.4, -0.2) is 17.6 Å². The molecule has 157 valence electrons. The number of benzene rings is 4. The van der Waals surface area contributed by atoms with Gasteiger partial charge in [-0.15, -0.1) is 0 Å². The number of methoxy groups -OCH3 is 1. The zero-order valence-corrected chi connectivity index (χ0v) is 18.2. The van der Waals surface area contributed by atoms with E-state index < -0.39 is 5.91 Å². The molecule has 0 saturated carbocycles. The minimum absolute atomic E-state index is 0.456. The zero-order chi connectivity index (χ0) is 22.2. The monoisotopic (exact) mass is 439 g/mol. The average molecular weight is 440 g/mol. The summed E-state index contributed by atoms with van der Waals surface area (Å²) in [6.07, 6.45) is 0. The lowest BCUT2D eigenvalue weighted by Gasteiger charge is -2.12. The van der Waals surface area contributed by atoms with Crippen LogP contribution in [0.1, 0.15) is 15.9 Å². The van der Waals surface area contributed by atoms with E-state index in [4.69, 9.17) is 22.1 Å². The predicted molar refractivity (Wildman–Crippen MR) is 129 cm³/mol. The van der Waals surface area contributed by atoms with Crippen molar-refractivity contribution in [3.05, 3.63) is 101 Å². The summed E-state index contributed by atoms with van der Waals surface area (Å²) >= 11 is 6.07. The highest BCUT2D eigenvalue weighted by Crippen LogP contribution is 2.35. The van der Waals surface area contributed by atoms with Crippen LogP contribution in [0.5, 0.6) is 5.75 Å². The largest absolute Gasteiger partial charge is 0.496 e. The van der Waals surface area contributed by atoms with Gasteiger partial charge in [-0.05, 0) is 59.7 Å². The van der Waals surface area contributed by atoms with Crippen LogP contribution in [0, 0.1) is 6.07 Å². The van der Waals surface area contributed by atoms with Gasteiger partial charge in [0.15, 0.2) is 0 Å². The summed E-state index contributed by atoms with van der Waals surface area (Å²) in [5.74, 6) is 0.355. The fourth-order valence-electron chi connectivity index (χ4n) is 4.24. The van der Waals surface area contributed by atoms with Crippen LogP contribution in [0.25, 0.3) is 32.9 Å². The summed E-state index contributed by atoms with van der Waals surface area (Å²) in [5.41, 5.74) is 11.2. The molecule has 0 atom stereocenters. The van der Waals surface area contributed by atoms with Gasteiger partial charge in [0.05, 0.1) is 24.7 Å². The first-order valence-corrected chi connectivity index (χ1v) is 10.6. The Hall–Kier alpha value is -3.76. The van der Waals surface area contributed by atoms with Gasteiger partial charge in [-0.3, -0.25) is 4.79 Å². The van der Waals surface area contributed by atoms with Crippen molar-refractivity contribution in [1.29, 1.82) is 0 Å². The molecular formula is C27H20ClN2O2. The number of halogens is 1. The van der Waals surface area contributed by atoms with Crippen molar-refractivity contribution in [3.8, 4) is 16.9 Å². The SMILES string of the molecule is COc1ccccc1Cn1c2cc(-c3ccc(Cl)cc3)c[c]c2c2c(C(N)=O)cccc21. The molecule has 5 rings (SSSR count). The molecule has 0 aliphatic heterocycles. The Morgan fingerprint density at radius 2 is 1.78 bits per heavy atom. The van der Waals surface area contributed by atoms with Crippen molar-refractivity contribution in [1.82, 2.24) is 4.57 Å². The molecule has 1 amide bonds. The van der Waals surface area contributed by atoms with Crippen LogP contribution < -0.4 is 10.5 Å². The molecule has 0 spiro atoms. The molecule has 2 N–H and O–H groups in total. The molecule has 1 aromatic heterocycles. The van der Waals surface area contributed by atoms with E-state index in [0.29, 0.717) is 17.1 Å². The van der Waals surface area contributed by atoms with E-state index in [2.05, 4.69) is 16.7 Å². The second-order valence-electron chi connectivity index (χ2n) is 7.62. The van der Waals surface area contributed by atoms with Crippen molar-refractivity contribution in [3.63, 3.8) is 0 Å².